The maximum Gasteiger partial charge on any atom is 0.191 e. The highest BCUT2D eigenvalue weighted by atomic mass is 16.3. The van der Waals surface area contributed by atoms with Crippen molar-refractivity contribution in [1.82, 2.24) is 15.6 Å². The lowest BCUT2D eigenvalue weighted by molar-refractivity contribution is 0.169. The number of hydrogen-bond acceptors (Lipinski definition) is 4. The molecule has 0 spiro atoms. The average molecular weight is 376 g/mol. The predicted molar refractivity (Wildman–Crippen MR) is 113 cm³/mol. The summed E-state index contributed by atoms with van der Waals surface area (Å²) in [5.74, 6) is 1.90. The highest BCUT2D eigenvalue weighted by Gasteiger charge is 2.25. The quantitative estimate of drug-likeness (QED) is 0.433. The molecule has 1 aliphatic heterocycles. The van der Waals surface area contributed by atoms with Gasteiger partial charge in [0.2, 0.25) is 0 Å². The van der Waals surface area contributed by atoms with Crippen LogP contribution in [0.1, 0.15) is 58.4 Å². The molecule has 0 unspecified atom stereocenters. The summed E-state index contributed by atoms with van der Waals surface area (Å²) in [5, 5.41) is 16.2. The Hall–Kier alpha value is -1.82. The molecule has 1 saturated heterocycles. The molecule has 152 valence electrons. The first-order valence-electron chi connectivity index (χ1n) is 10.5. The molecule has 27 heavy (non-hydrogen) atoms. The molecule has 0 aromatic carbocycles. The Morgan fingerprint density at radius 2 is 1.93 bits per heavy atom. The van der Waals surface area contributed by atoms with Crippen molar-refractivity contribution >= 4 is 11.8 Å². The van der Waals surface area contributed by atoms with E-state index in [4.69, 9.17) is 4.99 Å². The maximum absolute atomic E-state index is 9.40. The number of rotatable bonds is 10. The van der Waals surface area contributed by atoms with Gasteiger partial charge in [-0.3, -0.25) is 0 Å². The summed E-state index contributed by atoms with van der Waals surface area (Å²) in [6.45, 7) is 11.2. The summed E-state index contributed by atoms with van der Waals surface area (Å²) < 4.78 is 0. The minimum atomic E-state index is 0.115. The Bertz CT molecular complexity index is 562. The number of aliphatic imine (C=N–C) groups is 1. The number of pyridine rings is 1. The summed E-state index contributed by atoms with van der Waals surface area (Å²) in [7, 11) is 0. The van der Waals surface area contributed by atoms with Gasteiger partial charge in [0.05, 0.1) is 6.54 Å². The number of hydrogen-bond donors (Lipinski definition) is 3. The van der Waals surface area contributed by atoms with Gasteiger partial charge < -0.3 is 20.6 Å². The molecule has 1 fully saturated rings. The minimum absolute atomic E-state index is 0.115. The minimum Gasteiger partial charge on any atom is -0.396 e. The van der Waals surface area contributed by atoms with Crippen molar-refractivity contribution in [2.75, 3.05) is 37.7 Å². The molecule has 2 rings (SSSR count). The predicted octanol–water partition coefficient (Wildman–Crippen LogP) is 2.93. The van der Waals surface area contributed by atoms with E-state index in [0.29, 0.717) is 6.54 Å². The van der Waals surface area contributed by atoms with Gasteiger partial charge in [-0.1, -0.05) is 19.9 Å². The van der Waals surface area contributed by atoms with Gasteiger partial charge in [-0.2, -0.15) is 0 Å². The van der Waals surface area contributed by atoms with Crippen LogP contribution in [0, 0.1) is 5.41 Å². The van der Waals surface area contributed by atoms with Crippen LogP contribution in [0.2, 0.25) is 0 Å². The van der Waals surface area contributed by atoms with E-state index in [9.17, 15) is 5.11 Å². The van der Waals surface area contributed by atoms with Crippen LogP contribution in [0.15, 0.2) is 23.3 Å². The molecule has 0 saturated carbocycles. The van der Waals surface area contributed by atoms with Crippen molar-refractivity contribution in [2.45, 2.75) is 59.4 Å². The number of aliphatic hydroxyl groups excluding tert-OH is 1. The van der Waals surface area contributed by atoms with Crippen LogP contribution in [0.5, 0.6) is 0 Å². The molecule has 0 radical (unpaired) electrons. The summed E-state index contributed by atoms with van der Waals surface area (Å²) in [6, 6.07) is 4.23. The third-order valence-corrected chi connectivity index (χ3v) is 5.78. The Labute approximate surface area is 164 Å². The fourth-order valence-corrected chi connectivity index (χ4v) is 3.61. The standard InChI is InChI=1S/C21H37N5O/c1-4-21(5-2,11-14-27)17-25-20(22-6-3)24-16-18-9-10-19(23-15-18)26-12-7-8-13-26/h9-10,15,27H,4-8,11-14,16-17H2,1-3H3,(H2,22,24,25). The Balaban J connectivity index is 1.95. The summed E-state index contributed by atoms with van der Waals surface area (Å²) in [5.41, 5.74) is 1.23. The van der Waals surface area contributed by atoms with E-state index in [1.807, 2.05) is 6.20 Å². The summed E-state index contributed by atoms with van der Waals surface area (Å²) in [6.07, 6.45) is 7.36. The van der Waals surface area contributed by atoms with Crippen LogP contribution >= 0.6 is 0 Å². The first-order valence-corrected chi connectivity index (χ1v) is 10.5. The number of guanidine groups is 1. The second-order valence-electron chi connectivity index (χ2n) is 7.45. The molecule has 1 aromatic heterocycles. The topological polar surface area (TPSA) is 72.8 Å². The Morgan fingerprint density at radius 3 is 2.48 bits per heavy atom. The Morgan fingerprint density at radius 1 is 1.19 bits per heavy atom. The number of nitrogens with zero attached hydrogens (tertiary/aromatic N) is 3. The lowest BCUT2D eigenvalue weighted by Gasteiger charge is -2.32. The van der Waals surface area contributed by atoms with Crippen molar-refractivity contribution in [3.63, 3.8) is 0 Å². The second kappa shape index (κ2) is 11.1. The van der Waals surface area contributed by atoms with Crippen molar-refractivity contribution in [3.8, 4) is 0 Å². The van der Waals surface area contributed by atoms with Crippen molar-refractivity contribution in [1.29, 1.82) is 0 Å². The van der Waals surface area contributed by atoms with E-state index in [0.717, 1.165) is 62.8 Å². The van der Waals surface area contributed by atoms with Gasteiger partial charge in [0.1, 0.15) is 5.82 Å². The normalized spacial score (nSPS) is 15.3. The SMILES string of the molecule is CCNC(=NCc1ccc(N2CCCC2)nc1)NCC(CC)(CC)CCO. The van der Waals surface area contributed by atoms with Gasteiger partial charge in [-0.05, 0) is 56.1 Å². The van der Waals surface area contributed by atoms with E-state index >= 15 is 0 Å². The van der Waals surface area contributed by atoms with E-state index in [1.54, 1.807) is 0 Å². The highest BCUT2D eigenvalue weighted by Crippen LogP contribution is 2.29. The molecule has 0 atom stereocenters. The fraction of sp³-hybridized carbons (Fsp3) is 0.714. The number of aliphatic hydroxyl groups is 1. The molecule has 1 aliphatic rings. The fourth-order valence-electron chi connectivity index (χ4n) is 3.61. The van der Waals surface area contributed by atoms with Gasteiger partial charge >= 0.3 is 0 Å². The molecular formula is C21H37N5O. The lowest BCUT2D eigenvalue weighted by Crippen LogP contribution is -2.43. The van der Waals surface area contributed by atoms with E-state index in [-0.39, 0.29) is 12.0 Å². The third-order valence-electron chi connectivity index (χ3n) is 5.78. The van der Waals surface area contributed by atoms with E-state index < -0.39 is 0 Å². The van der Waals surface area contributed by atoms with Crippen LogP contribution in [-0.2, 0) is 6.54 Å². The van der Waals surface area contributed by atoms with Crippen LogP contribution in [0.25, 0.3) is 0 Å². The molecule has 0 bridgehead atoms. The molecule has 0 aliphatic carbocycles. The van der Waals surface area contributed by atoms with Gasteiger partial charge in [0.15, 0.2) is 5.96 Å². The van der Waals surface area contributed by atoms with Gasteiger partial charge in [-0.25, -0.2) is 9.98 Å². The maximum atomic E-state index is 9.40. The van der Waals surface area contributed by atoms with Crippen LogP contribution in [0.3, 0.4) is 0 Å². The van der Waals surface area contributed by atoms with Gasteiger partial charge in [0.25, 0.3) is 0 Å². The zero-order chi connectivity index (χ0) is 19.5. The highest BCUT2D eigenvalue weighted by molar-refractivity contribution is 5.79. The molecule has 2 heterocycles. The molecule has 0 amide bonds. The summed E-state index contributed by atoms with van der Waals surface area (Å²) in [4.78, 5) is 11.7. The molecular weight excluding hydrogens is 338 g/mol. The smallest absolute Gasteiger partial charge is 0.191 e. The van der Waals surface area contributed by atoms with Crippen molar-refractivity contribution in [2.24, 2.45) is 10.4 Å². The van der Waals surface area contributed by atoms with E-state index in [1.165, 1.54) is 12.8 Å². The zero-order valence-electron chi connectivity index (χ0n) is 17.3. The van der Waals surface area contributed by atoms with Crippen molar-refractivity contribution in [3.05, 3.63) is 23.9 Å². The first kappa shape index (κ1) is 21.5. The largest absolute Gasteiger partial charge is 0.396 e. The van der Waals surface area contributed by atoms with Crippen LogP contribution in [0.4, 0.5) is 5.82 Å². The molecule has 6 nitrogen and oxygen atoms in total. The van der Waals surface area contributed by atoms with Gasteiger partial charge in [0, 0.05) is 39.0 Å². The van der Waals surface area contributed by atoms with Crippen LogP contribution in [-0.4, -0.2) is 48.8 Å². The second-order valence-corrected chi connectivity index (χ2v) is 7.45. The number of nitrogens with one attached hydrogen (secondary N) is 2. The lowest BCUT2D eigenvalue weighted by atomic mass is 9.79. The molecule has 1 aromatic rings. The average Bonchev–Trinajstić information content (AvgIpc) is 3.24. The number of aromatic nitrogens is 1. The molecule has 6 heteroatoms. The van der Waals surface area contributed by atoms with Crippen LogP contribution < -0.4 is 15.5 Å². The monoisotopic (exact) mass is 375 g/mol. The number of anilines is 1. The summed E-state index contributed by atoms with van der Waals surface area (Å²) >= 11 is 0. The first-order chi connectivity index (χ1) is 13.2. The third kappa shape index (κ3) is 6.38. The molecule has 3 N–H and O–H groups in total. The van der Waals surface area contributed by atoms with Gasteiger partial charge in [-0.15, -0.1) is 0 Å². The van der Waals surface area contributed by atoms with Crippen molar-refractivity contribution < 1.29 is 5.11 Å². The van der Waals surface area contributed by atoms with E-state index in [2.05, 4.69) is 53.4 Å². The Kier molecular flexibility index (Phi) is 8.85. The zero-order valence-corrected chi connectivity index (χ0v) is 17.3.